The molecule has 2 aromatic carbocycles. The Kier molecular flexibility index (Phi) is 3.97. The molecule has 6 nitrogen and oxygen atoms in total. The Morgan fingerprint density at radius 1 is 1.05 bits per heavy atom. The molecule has 0 unspecified atom stereocenters. The van der Waals surface area contributed by atoms with E-state index in [-0.39, 0.29) is 5.69 Å². The molecule has 0 aliphatic heterocycles. The minimum absolute atomic E-state index is 0.0263. The standard InChI is InChI=1S/C15H10BrN3O3/c16-12-5-1-10(2-6-12)9-14-17-18-15(22-14)11-3-7-13(8-4-11)19(20)21/h1-8H,9H2. The number of hydrogen-bond acceptors (Lipinski definition) is 5. The summed E-state index contributed by atoms with van der Waals surface area (Å²) in [6.07, 6.45) is 0.535. The molecule has 1 heterocycles. The molecule has 0 saturated carbocycles. The van der Waals surface area contributed by atoms with E-state index in [2.05, 4.69) is 26.1 Å². The Bertz CT molecular complexity index is 798. The van der Waals surface area contributed by atoms with Gasteiger partial charge in [-0.1, -0.05) is 28.1 Å². The maximum Gasteiger partial charge on any atom is 0.269 e. The van der Waals surface area contributed by atoms with Crippen LogP contribution < -0.4 is 0 Å². The quantitative estimate of drug-likeness (QED) is 0.519. The molecule has 0 N–H and O–H groups in total. The molecule has 0 radical (unpaired) electrons. The van der Waals surface area contributed by atoms with Crippen LogP contribution in [0.1, 0.15) is 11.5 Å². The zero-order valence-corrected chi connectivity index (χ0v) is 12.9. The van der Waals surface area contributed by atoms with Crippen LogP contribution in [0, 0.1) is 10.1 Å². The van der Waals surface area contributed by atoms with Gasteiger partial charge in [0.15, 0.2) is 0 Å². The third-order valence-corrected chi connectivity index (χ3v) is 3.59. The fourth-order valence-corrected chi connectivity index (χ4v) is 2.21. The van der Waals surface area contributed by atoms with Crippen molar-refractivity contribution in [1.82, 2.24) is 10.2 Å². The van der Waals surface area contributed by atoms with E-state index in [4.69, 9.17) is 4.42 Å². The molecular weight excluding hydrogens is 350 g/mol. The average Bonchev–Trinajstić information content (AvgIpc) is 2.98. The van der Waals surface area contributed by atoms with Crippen molar-refractivity contribution in [3.8, 4) is 11.5 Å². The number of nitro benzene ring substituents is 1. The zero-order chi connectivity index (χ0) is 15.5. The van der Waals surface area contributed by atoms with E-state index in [0.29, 0.717) is 23.8 Å². The predicted octanol–water partition coefficient (Wildman–Crippen LogP) is 4.00. The van der Waals surface area contributed by atoms with Crippen LogP contribution in [0.4, 0.5) is 5.69 Å². The molecule has 0 aliphatic carbocycles. The van der Waals surface area contributed by atoms with Gasteiger partial charge in [0.1, 0.15) is 0 Å². The molecule has 0 saturated heterocycles. The SMILES string of the molecule is O=[N+]([O-])c1ccc(-c2nnc(Cc3ccc(Br)cc3)o2)cc1. The first kappa shape index (κ1) is 14.4. The first-order chi connectivity index (χ1) is 10.6. The minimum atomic E-state index is -0.448. The van der Waals surface area contributed by atoms with E-state index >= 15 is 0 Å². The molecule has 22 heavy (non-hydrogen) atoms. The summed E-state index contributed by atoms with van der Waals surface area (Å²) in [5.74, 6) is 0.845. The molecule has 0 spiro atoms. The highest BCUT2D eigenvalue weighted by molar-refractivity contribution is 9.10. The smallest absolute Gasteiger partial charge is 0.269 e. The van der Waals surface area contributed by atoms with E-state index in [1.807, 2.05) is 24.3 Å². The Labute approximate surface area is 134 Å². The lowest BCUT2D eigenvalue weighted by Crippen LogP contribution is -1.87. The van der Waals surface area contributed by atoms with Crippen LogP contribution >= 0.6 is 15.9 Å². The zero-order valence-electron chi connectivity index (χ0n) is 11.3. The molecule has 0 bridgehead atoms. The summed E-state index contributed by atoms with van der Waals surface area (Å²) in [5, 5.41) is 18.6. The van der Waals surface area contributed by atoms with Crippen molar-refractivity contribution < 1.29 is 9.34 Å². The molecule has 3 aromatic rings. The summed E-state index contributed by atoms with van der Waals surface area (Å²) < 4.78 is 6.61. The van der Waals surface area contributed by atoms with Gasteiger partial charge in [-0.3, -0.25) is 10.1 Å². The first-order valence-corrected chi connectivity index (χ1v) is 7.23. The Morgan fingerprint density at radius 2 is 1.73 bits per heavy atom. The summed E-state index contributed by atoms with van der Waals surface area (Å²) in [5.41, 5.74) is 1.74. The third-order valence-electron chi connectivity index (χ3n) is 3.06. The van der Waals surface area contributed by atoms with Crippen molar-refractivity contribution in [2.45, 2.75) is 6.42 Å². The summed E-state index contributed by atoms with van der Waals surface area (Å²) in [6, 6.07) is 13.8. The summed E-state index contributed by atoms with van der Waals surface area (Å²) >= 11 is 3.38. The second kappa shape index (κ2) is 6.07. The van der Waals surface area contributed by atoms with Crippen LogP contribution in [-0.2, 0) is 6.42 Å². The van der Waals surface area contributed by atoms with Gasteiger partial charge in [0.05, 0.1) is 11.3 Å². The lowest BCUT2D eigenvalue weighted by molar-refractivity contribution is -0.384. The molecule has 3 rings (SSSR count). The van der Waals surface area contributed by atoms with Gasteiger partial charge >= 0.3 is 0 Å². The van der Waals surface area contributed by atoms with E-state index in [0.717, 1.165) is 10.0 Å². The molecule has 1 aromatic heterocycles. The van der Waals surface area contributed by atoms with Crippen molar-refractivity contribution >= 4 is 21.6 Å². The van der Waals surface area contributed by atoms with Crippen LogP contribution in [0.3, 0.4) is 0 Å². The second-order valence-electron chi connectivity index (χ2n) is 4.61. The van der Waals surface area contributed by atoms with Crippen molar-refractivity contribution in [3.05, 3.63) is 74.6 Å². The number of halogens is 1. The van der Waals surface area contributed by atoms with Gasteiger partial charge in [0.25, 0.3) is 5.69 Å². The lowest BCUT2D eigenvalue weighted by Gasteiger charge is -1.97. The number of hydrogen-bond donors (Lipinski definition) is 0. The van der Waals surface area contributed by atoms with Crippen molar-refractivity contribution in [2.75, 3.05) is 0 Å². The van der Waals surface area contributed by atoms with Crippen LogP contribution in [0.5, 0.6) is 0 Å². The van der Waals surface area contributed by atoms with E-state index in [9.17, 15) is 10.1 Å². The van der Waals surface area contributed by atoms with Crippen LogP contribution in [-0.4, -0.2) is 15.1 Å². The third kappa shape index (κ3) is 3.20. The molecule has 7 heteroatoms. The van der Waals surface area contributed by atoms with Gasteiger partial charge in [0.2, 0.25) is 11.8 Å². The summed E-state index contributed by atoms with van der Waals surface area (Å²) in [7, 11) is 0. The molecule has 0 fully saturated rings. The number of aromatic nitrogens is 2. The van der Waals surface area contributed by atoms with Crippen LogP contribution in [0.2, 0.25) is 0 Å². The van der Waals surface area contributed by atoms with E-state index in [1.54, 1.807) is 12.1 Å². The number of benzene rings is 2. The van der Waals surface area contributed by atoms with Gasteiger partial charge in [0, 0.05) is 22.2 Å². The fourth-order valence-electron chi connectivity index (χ4n) is 1.94. The van der Waals surface area contributed by atoms with E-state index in [1.165, 1.54) is 12.1 Å². The maximum absolute atomic E-state index is 10.6. The van der Waals surface area contributed by atoms with Crippen LogP contribution in [0.15, 0.2) is 57.4 Å². The van der Waals surface area contributed by atoms with Crippen molar-refractivity contribution in [3.63, 3.8) is 0 Å². The molecular formula is C15H10BrN3O3. The fraction of sp³-hybridized carbons (Fsp3) is 0.0667. The maximum atomic E-state index is 10.6. The Morgan fingerprint density at radius 3 is 2.36 bits per heavy atom. The van der Waals surface area contributed by atoms with Gasteiger partial charge in [-0.15, -0.1) is 10.2 Å². The first-order valence-electron chi connectivity index (χ1n) is 6.43. The lowest BCUT2D eigenvalue weighted by atomic mass is 10.1. The normalized spacial score (nSPS) is 10.6. The highest BCUT2D eigenvalue weighted by Gasteiger charge is 2.11. The molecule has 110 valence electrons. The van der Waals surface area contributed by atoms with Gasteiger partial charge in [-0.05, 0) is 29.8 Å². The topological polar surface area (TPSA) is 82.1 Å². The number of non-ortho nitro benzene ring substituents is 1. The monoisotopic (exact) mass is 359 g/mol. The van der Waals surface area contributed by atoms with Gasteiger partial charge in [-0.2, -0.15) is 0 Å². The highest BCUT2D eigenvalue weighted by atomic mass is 79.9. The van der Waals surface area contributed by atoms with Crippen molar-refractivity contribution in [2.24, 2.45) is 0 Å². The van der Waals surface area contributed by atoms with Gasteiger partial charge < -0.3 is 4.42 Å². The summed E-state index contributed by atoms with van der Waals surface area (Å²) in [4.78, 5) is 10.2. The number of nitro groups is 1. The minimum Gasteiger partial charge on any atom is -0.420 e. The summed E-state index contributed by atoms with van der Waals surface area (Å²) in [6.45, 7) is 0. The molecule has 0 aliphatic rings. The Hall–Kier alpha value is -2.54. The predicted molar refractivity (Wildman–Crippen MR) is 83.3 cm³/mol. The van der Waals surface area contributed by atoms with Gasteiger partial charge in [-0.25, -0.2) is 0 Å². The number of nitrogens with zero attached hydrogens (tertiary/aromatic N) is 3. The largest absolute Gasteiger partial charge is 0.420 e. The molecule has 0 atom stereocenters. The second-order valence-corrected chi connectivity index (χ2v) is 5.52. The van der Waals surface area contributed by atoms with Crippen LogP contribution in [0.25, 0.3) is 11.5 Å². The number of rotatable bonds is 4. The highest BCUT2D eigenvalue weighted by Crippen LogP contribution is 2.22. The average molecular weight is 360 g/mol. The Balaban J connectivity index is 1.78. The molecule has 0 amide bonds. The van der Waals surface area contributed by atoms with E-state index < -0.39 is 4.92 Å². The van der Waals surface area contributed by atoms with Crippen molar-refractivity contribution in [1.29, 1.82) is 0 Å².